The van der Waals surface area contributed by atoms with Gasteiger partial charge in [-0.15, -0.1) is 0 Å². The van der Waals surface area contributed by atoms with Crippen molar-refractivity contribution in [3.05, 3.63) is 41.5 Å². The van der Waals surface area contributed by atoms with Gasteiger partial charge in [-0.2, -0.15) is 0 Å². The molecule has 0 bridgehead atoms. The Bertz CT molecular complexity index is 589. The van der Waals surface area contributed by atoms with Gasteiger partial charge in [0.05, 0.1) is 7.11 Å². The Morgan fingerprint density at radius 3 is 2.33 bits per heavy atom. The molecular weight excluding hydrogens is 228 g/mol. The molecule has 0 aliphatic rings. The zero-order valence-electron chi connectivity index (χ0n) is 10.7. The van der Waals surface area contributed by atoms with Crippen molar-refractivity contribution in [3.63, 3.8) is 0 Å². The van der Waals surface area contributed by atoms with Gasteiger partial charge in [0.2, 0.25) is 0 Å². The number of aryl methyl sites for hydroxylation is 2. The van der Waals surface area contributed by atoms with E-state index in [1.54, 1.807) is 12.1 Å². The molecule has 0 amide bonds. The first-order valence-electron chi connectivity index (χ1n) is 5.71. The van der Waals surface area contributed by atoms with Gasteiger partial charge >= 0.3 is 0 Å². The molecule has 2 rings (SSSR count). The maximum atomic E-state index is 10.1. The van der Waals surface area contributed by atoms with Gasteiger partial charge in [0.1, 0.15) is 5.75 Å². The van der Waals surface area contributed by atoms with Crippen molar-refractivity contribution in [3.8, 4) is 28.4 Å². The monoisotopic (exact) mass is 244 g/mol. The summed E-state index contributed by atoms with van der Waals surface area (Å²) in [6.07, 6.45) is 0. The summed E-state index contributed by atoms with van der Waals surface area (Å²) in [5.74, 6) is 0.635. The fourth-order valence-corrected chi connectivity index (χ4v) is 1.98. The summed E-state index contributed by atoms with van der Waals surface area (Å²) in [6, 6.07) is 9.02. The number of para-hydroxylation sites is 1. The molecule has 0 saturated heterocycles. The number of methoxy groups -OCH3 is 1. The standard InChI is InChI=1S/C15H16O3/c1-9-7-12(15(17)13(8-9)18-3)11-6-4-5-10(2)14(11)16/h4-8,16-17H,1-3H3. The number of rotatable bonds is 2. The maximum Gasteiger partial charge on any atom is 0.165 e. The first-order chi connectivity index (χ1) is 8.54. The Kier molecular flexibility index (Phi) is 3.15. The normalized spacial score (nSPS) is 10.4. The van der Waals surface area contributed by atoms with E-state index >= 15 is 0 Å². The van der Waals surface area contributed by atoms with Gasteiger partial charge in [-0.25, -0.2) is 0 Å². The summed E-state index contributed by atoms with van der Waals surface area (Å²) in [5.41, 5.74) is 2.91. The first-order valence-corrected chi connectivity index (χ1v) is 5.71. The highest BCUT2D eigenvalue weighted by Crippen LogP contribution is 2.42. The van der Waals surface area contributed by atoms with E-state index in [-0.39, 0.29) is 11.5 Å². The second kappa shape index (κ2) is 4.61. The molecule has 3 nitrogen and oxygen atoms in total. The largest absolute Gasteiger partial charge is 0.507 e. The van der Waals surface area contributed by atoms with E-state index in [0.29, 0.717) is 16.9 Å². The number of hydrogen-bond donors (Lipinski definition) is 2. The average molecular weight is 244 g/mol. The van der Waals surface area contributed by atoms with Crippen molar-refractivity contribution in [2.75, 3.05) is 7.11 Å². The highest BCUT2D eigenvalue weighted by molar-refractivity contribution is 5.79. The van der Waals surface area contributed by atoms with Crippen molar-refractivity contribution >= 4 is 0 Å². The topological polar surface area (TPSA) is 49.7 Å². The summed E-state index contributed by atoms with van der Waals surface area (Å²) in [5, 5.41) is 20.2. The van der Waals surface area contributed by atoms with Gasteiger partial charge < -0.3 is 14.9 Å². The van der Waals surface area contributed by atoms with Gasteiger partial charge in [-0.3, -0.25) is 0 Å². The summed E-state index contributed by atoms with van der Waals surface area (Å²) < 4.78 is 5.13. The number of phenols is 2. The minimum absolute atomic E-state index is 0.0454. The van der Waals surface area contributed by atoms with Crippen LogP contribution in [-0.4, -0.2) is 17.3 Å². The average Bonchev–Trinajstić information content (AvgIpc) is 2.35. The van der Waals surface area contributed by atoms with E-state index in [4.69, 9.17) is 4.74 Å². The molecular formula is C15H16O3. The van der Waals surface area contributed by atoms with Crippen LogP contribution in [0.25, 0.3) is 11.1 Å². The van der Waals surface area contributed by atoms with E-state index in [9.17, 15) is 10.2 Å². The molecule has 0 fully saturated rings. The molecule has 0 saturated carbocycles. The lowest BCUT2D eigenvalue weighted by atomic mass is 9.99. The second-order valence-electron chi connectivity index (χ2n) is 4.33. The van der Waals surface area contributed by atoms with Crippen LogP contribution >= 0.6 is 0 Å². The molecule has 0 aromatic heterocycles. The van der Waals surface area contributed by atoms with Crippen LogP contribution in [0.5, 0.6) is 17.2 Å². The maximum absolute atomic E-state index is 10.1. The Hall–Kier alpha value is -2.16. The molecule has 0 heterocycles. The molecule has 2 aromatic carbocycles. The zero-order chi connectivity index (χ0) is 13.3. The third kappa shape index (κ3) is 1.99. The Morgan fingerprint density at radius 2 is 1.67 bits per heavy atom. The second-order valence-corrected chi connectivity index (χ2v) is 4.33. The van der Waals surface area contributed by atoms with Crippen LogP contribution < -0.4 is 4.74 Å². The number of benzene rings is 2. The summed E-state index contributed by atoms with van der Waals surface area (Å²) in [7, 11) is 1.51. The van der Waals surface area contributed by atoms with Gasteiger partial charge in [0, 0.05) is 11.1 Å². The van der Waals surface area contributed by atoms with Gasteiger partial charge in [0.15, 0.2) is 11.5 Å². The fourth-order valence-electron chi connectivity index (χ4n) is 1.98. The lowest BCUT2D eigenvalue weighted by molar-refractivity contribution is 0.374. The van der Waals surface area contributed by atoms with Crippen LogP contribution in [0.2, 0.25) is 0 Å². The van der Waals surface area contributed by atoms with Gasteiger partial charge in [-0.1, -0.05) is 18.2 Å². The van der Waals surface area contributed by atoms with Crippen molar-refractivity contribution in [1.82, 2.24) is 0 Å². The van der Waals surface area contributed by atoms with Crippen molar-refractivity contribution in [2.45, 2.75) is 13.8 Å². The lowest BCUT2D eigenvalue weighted by Gasteiger charge is -2.13. The summed E-state index contributed by atoms with van der Waals surface area (Å²) in [4.78, 5) is 0. The zero-order valence-corrected chi connectivity index (χ0v) is 10.7. The quantitative estimate of drug-likeness (QED) is 0.851. The van der Waals surface area contributed by atoms with Crippen LogP contribution in [0.3, 0.4) is 0 Å². The highest BCUT2D eigenvalue weighted by Gasteiger charge is 2.14. The molecule has 94 valence electrons. The third-order valence-corrected chi connectivity index (χ3v) is 2.97. The molecule has 0 aliphatic heterocycles. The van der Waals surface area contributed by atoms with E-state index in [2.05, 4.69) is 0 Å². The molecule has 2 N–H and O–H groups in total. The van der Waals surface area contributed by atoms with E-state index in [1.807, 2.05) is 32.0 Å². The minimum Gasteiger partial charge on any atom is -0.507 e. The van der Waals surface area contributed by atoms with Crippen LogP contribution in [0.15, 0.2) is 30.3 Å². The first kappa shape index (κ1) is 12.3. The molecule has 0 spiro atoms. The smallest absolute Gasteiger partial charge is 0.165 e. The van der Waals surface area contributed by atoms with E-state index in [1.165, 1.54) is 7.11 Å². The molecule has 2 aromatic rings. The van der Waals surface area contributed by atoms with Gasteiger partial charge in [0.25, 0.3) is 0 Å². The number of aromatic hydroxyl groups is 2. The van der Waals surface area contributed by atoms with Crippen LogP contribution in [0.4, 0.5) is 0 Å². The van der Waals surface area contributed by atoms with E-state index < -0.39 is 0 Å². The third-order valence-electron chi connectivity index (χ3n) is 2.97. The van der Waals surface area contributed by atoms with Crippen molar-refractivity contribution < 1.29 is 14.9 Å². The van der Waals surface area contributed by atoms with Crippen LogP contribution in [0, 0.1) is 13.8 Å². The highest BCUT2D eigenvalue weighted by atomic mass is 16.5. The number of phenolic OH excluding ortho intramolecular Hbond substituents is 2. The van der Waals surface area contributed by atoms with Crippen LogP contribution in [0.1, 0.15) is 11.1 Å². The predicted octanol–water partition coefficient (Wildman–Crippen LogP) is 3.39. The SMILES string of the molecule is COc1cc(C)cc(-c2cccc(C)c2O)c1O. The molecule has 0 unspecified atom stereocenters. The van der Waals surface area contributed by atoms with Gasteiger partial charge in [-0.05, 0) is 37.1 Å². The Labute approximate surface area is 106 Å². The van der Waals surface area contributed by atoms with Crippen molar-refractivity contribution in [2.24, 2.45) is 0 Å². The number of hydrogen-bond acceptors (Lipinski definition) is 3. The fraction of sp³-hybridized carbons (Fsp3) is 0.200. The molecule has 0 radical (unpaired) electrons. The Balaban J connectivity index is 2.71. The van der Waals surface area contributed by atoms with E-state index in [0.717, 1.165) is 11.1 Å². The van der Waals surface area contributed by atoms with Crippen LogP contribution in [-0.2, 0) is 0 Å². The number of ether oxygens (including phenoxy) is 1. The van der Waals surface area contributed by atoms with Crippen molar-refractivity contribution in [1.29, 1.82) is 0 Å². The molecule has 0 aliphatic carbocycles. The molecule has 18 heavy (non-hydrogen) atoms. The minimum atomic E-state index is 0.0454. The summed E-state index contributed by atoms with van der Waals surface area (Å²) in [6.45, 7) is 3.74. The molecule has 0 atom stereocenters. The predicted molar refractivity (Wildman–Crippen MR) is 71.2 cm³/mol. The summed E-state index contributed by atoms with van der Waals surface area (Å²) >= 11 is 0. The molecule has 3 heteroatoms. The Morgan fingerprint density at radius 1 is 0.944 bits per heavy atom. The lowest BCUT2D eigenvalue weighted by Crippen LogP contribution is -1.89.